The van der Waals surface area contributed by atoms with Crippen LogP contribution in [0.4, 0.5) is 0 Å². The molecule has 0 spiro atoms. The summed E-state index contributed by atoms with van der Waals surface area (Å²) in [7, 11) is -2.34. The van der Waals surface area contributed by atoms with Crippen molar-refractivity contribution >= 4 is 16.2 Å². The quantitative estimate of drug-likeness (QED) is 0.724. The van der Waals surface area contributed by atoms with E-state index in [2.05, 4.69) is 4.72 Å². The van der Waals surface area contributed by atoms with Crippen LogP contribution in [0.1, 0.15) is 19.1 Å². The van der Waals surface area contributed by atoms with Crippen molar-refractivity contribution in [1.29, 1.82) is 0 Å². The summed E-state index contributed by atoms with van der Waals surface area (Å²) in [5, 5.41) is 8.53. The normalized spacial score (nSPS) is 13.6. The van der Waals surface area contributed by atoms with Gasteiger partial charge >= 0.3 is 5.97 Å². The number of furan rings is 1. The van der Waals surface area contributed by atoms with Gasteiger partial charge in [-0.25, -0.2) is 0 Å². The minimum absolute atomic E-state index is 0.0713. The van der Waals surface area contributed by atoms with Gasteiger partial charge in [0.05, 0.1) is 12.7 Å². The summed E-state index contributed by atoms with van der Waals surface area (Å²) in [4.78, 5) is 10.4. The Kier molecular flexibility index (Phi) is 5.52. The molecule has 0 aliphatic heterocycles. The summed E-state index contributed by atoms with van der Waals surface area (Å²) in [6.45, 7) is 1.64. The number of hydrogen-bond acceptors (Lipinski definition) is 4. The van der Waals surface area contributed by atoms with Gasteiger partial charge in [0.25, 0.3) is 10.2 Å². The topological polar surface area (TPSA) is 99.9 Å². The predicted octanol–water partition coefficient (Wildman–Crippen LogP) is 0.451. The molecule has 0 aliphatic rings. The Hall–Kier alpha value is -1.38. The van der Waals surface area contributed by atoms with Crippen LogP contribution in [0, 0.1) is 0 Å². The van der Waals surface area contributed by atoms with E-state index in [1.807, 2.05) is 0 Å². The second-order valence-corrected chi connectivity index (χ2v) is 6.08. The molecule has 0 amide bonds. The number of nitrogens with zero attached hydrogens (tertiary/aromatic N) is 1. The van der Waals surface area contributed by atoms with Gasteiger partial charge in [-0.3, -0.25) is 4.79 Å². The lowest BCUT2D eigenvalue weighted by Crippen LogP contribution is -2.43. The largest absolute Gasteiger partial charge is 0.481 e. The van der Waals surface area contributed by atoms with Gasteiger partial charge in [0.15, 0.2) is 0 Å². The van der Waals surface area contributed by atoms with Crippen molar-refractivity contribution in [3.8, 4) is 0 Å². The standard InChI is InChI=1S/C11H18N2O5S/c1-9(8-10-4-3-7-18-10)12-19(16,17)13(2)6-5-11(14)15/h3-4,7,9,12H,5-6,8H2,1-2H3,(H,14,15). The first kappa shape index (κ1) is 15.7. The Morgan fingerprint density at radius 1 is 1.58 bits per heavy atom. The highest BCUT2D eigenvalue weighted by Gasteiger charge is 2.21. The van der Waals surface area contributed by atoms with Crippen LogP contribution in [-0.2, 0) is 21.4 Å². The fraction of sp³-hybridized carbons (Fsp3) is 0.545. The molecule has 0 fully saturated rings. The van der Waals surface area contributed by atoms with Crippen LogP contribution >= 0.6 is 0 Å². The van der Waals surface area contributed by atoms with Gasteiger partial charge in [0, 0.05) is 26.1 Å². The Bertz CT molecular complexity index is 497. The molecule has 7 nitrogen and oxygen atoms in total. The molecule has 1 heterocycles. The van der Waals surface area contributed by atoms with Crippen LogP contribution in [0.5, 0.6) is 0 Å². The Balaban J connectivity index is 2.51. The van der Waals surface area contributed by atoms with Gasteiger partial charge in [0.1, 0.15) is 5.76 Å². The average molecular weight is 290 g/mol. The fourth-order valence-electron chi connectivity index (χ4n) is 1.49. The smallest absolute Gasteiger partial charge is 0.304 e. The number of nitrogens with one attached hydrogen (secondary N) is 1. The monoisotopic (exact) mass is 290 g/mol. The van der Waals surface area contributed by atoms with Crippen molar-refractivity contribution in [3.63, 3.8) is 0 Å². The second kappa shape index (κ2) is 6.69. The summed E-state index contributed by atoms with van der Waals surface area (Å²) < 4.78 is 32.3. The molecule has 0 saturated carbocycles. The number of carbonyl (C=O) groups is 1. The number of carboxylic acids is 1. The molecule has 8 heteroatoms. The molecular weight excluding hydrogens is 272 g/mol. The minimum Gasteiger partial charge on any atom is -0.481 e. The molecule has 1 aromatic rings. The molecule has 1 rings (SSSR count). The zero-order valence-electron chi connectivity index (χ0n) is 10.9. The van der Waals surface area contributed by atoms with Gasteiger partial charge in [-0.05, 0) is 19.1 Å². The highest BCUT2D eigenvalue weighted by molar-refractivity contribution is 7.87. The molecule has 1 aromatic heterocycles. The van der Waals surface area contributed by atoms with Crippen LogP contribution in [0.3, 0.4) is 0 Å². The summed E-state index contributed by atoms with van der Waals surface area (Å²) in [5.74, 6) is -0.353. The van der Waals surface area contributed by atoms with E-state index in [0.29, 0.717) is 12.2 Å². The maximum Gasteiger partial charge on any atom is 0.304 e. The van der Waals surface area contributed by atoms with Gasteiger partial charge in [-0.15, -0.1) is 0 Å². The van der Waals surface area contributed by atoms with Crippen LogP contribution in [0.2, 0.25) is 0 Å². The third-order valence-electron chi connectivity index (χ3n) is 2.49. The number of rotatable bonds is 8. The van der Waals surface area contributed by atoms with E-state index in [-0.39, 0.29) is 19.0 Å². The molecule has 0 aromatic carbocycles. The molecule has 0 radical (unpaired) electrons. The number of hydrogen-bond donors (Lipinski definition) is 2. The summed E-state index contributed by atoms with van der Waals surface area (Å²) in [6, 6.07) is 3.15. The van der Waals surface area contributed by atoms with Crippen LogP contribution in [0.15, 0.2) is 22.8 Å². The highest BCUT2D eigenvalue weighted by atomic mass is 32.2. The molecule has 2 N–H and O–H groups in total. The zero-order valence-corrected chi connectivity index (χ0v) is 11.7. The molecule has 0 saturated heterocycles. The molecule has 1 atom stereocenters. The molecule has 0 bridgehead atoms. The maximum absolute atomic E-state index is 11.9. The zero-order chi connectivity index (χ0) is 14.5. The van der Waals surface area contributed by atoms with Crippen LogP contribution < -0.4 is 4.72 Å². The third-order valence-corrected chi connectivity index (χ3v) is 4.19. The van der Waals surface area contributed by atoms with Crippen molar-refractivity contribution in [2.24, 2.45) is 0 Å². The first-order valence-corrected chi connectivity index (χ1v) is 7.23. The Labute approximate surface area is 112 Å². The van der Waals surface area contributed by atoms with E-state index in [0.717, 1.165) is 4.31 Å². The highest BCUT2D eigenvalue weighted by Crippen LogP contribution is 2.06. The van der Waals surface area contributed by atoms with Crippen molar-refractivity contribution in [1.82, 2.24) is 9.03 Å². The number of aliphatic carboxylic acids is 1. The minimum atomic E-state index is -3.68. The second-order valence-electron chi connectivity index (χ2n) is 4.27. The van der Waals surface area contributed by atoms with Crippen molar-refractivity contribution in [2.75, 3.05) is 13.6 Å². The summed E-state index contributed by atoms with van der Waals surface area (Å²) in [6.07, 6.45) is 1.72. The van der Waals surface area contributed by atoms with E-state index < -0.39 is 16.2 Å². The lowest BCUT2D eigenvalue weighted by atomic mass is 10.2. The van der Waals surface area contributed by atoms with Gasteiger partial charge in [-0.2, -0.15) is 17.4 Å². The lowest BCUT2D eigenvalue weighted by Gasteiger charge is -2.20. The van der Waals surface area contributed by atoms with Gasteiger partial charge in [-0.1, -0.05) is 0 Å². The third kappa shape index (κ3) is 5.41. The Morgan fingerprint density at radius 3 is 2.79 bits per heavy atom. The summed E-state index contributed by atoms with van der Waals surface area (Å²) in [5.41, 5.74) is 0. The van der Waals surface area contributed by atoms with E-state index in [1.54, 1.807) is 19.1 Å². The molecular formula is C11H18N2O5S. The Morgan fingerprint density at radius 2 is 2.26 bits per heavy atom. The average Bonchev–Trinajstić information content (AvgIpc) is 2.77. The first-order valence-electron chi connectivity index (χ1n) is 5.79. The maximum atomic E-state index is 11.9. The van der Waals surface area contributed by atoms with Crippen molar-refractivity contribution in [2.45, 2.75) is 25.8 Å². The molecule has 0 aliphatic carbocycles. The molecule has 1 unspecified atom stereocenters. The number of carboxylic acid groups (broad SMARTS) is 1. The van der Waals surface area contributed by atoms with Gasteiger partial charge in [0.2, 0.25) is 0 Å². The predicted molar refractivity (Wildman–Crippen MR) is 68.8 cm³/mol. The van der Waals surface area contributed by atoms with Gasteiger partial charge < -0.3 is 9.52 Å². The SMILES string of the molecule is CC(Cc1ccco1)NS(=O)(=O)N(C)CCC(=O)O. The van der Waals surface area contributed by atoms with Crippen molar-refractivity contribution < 1.29 is 22.7 Å². The van der Waals surface area contributed by atoms with Crippen LogP contribution in [0.25, 0.3) is 0 Å². The lowest BCUT2D eigenvalue weighted by molar-refractivity contribution is -0.137. The van der Waals surface area contributed by atoms with E-state index >= 15 is 0 Å². The van der Waals surface area contributed by atoms with E-state index in [1.165, 1.54) is 13.3 Å². The fourth-order valence-corrected chi connectivity index (χ4v) is 2.59. The first-order chi connectivity index (χ1) is 8.81. The van der Waals surface area contributed by atoms with E-state index in [9.17, 15) is 13.2 Å². The summed E-state index contributed by atoms with van der Waals surface area (Å²) >= 11 is 0. The molecule has 19 heavy (non-hydrogen) atoms. The van der Waals surface area contributed by atoms with E-state index in [4.69, 9.17) is 9.52 Å². The van der Waals surface area contributed by atoms with Crippen LogP contribution in [-0.4, -0.2) is 43.4 Å². The van der Waals surface area contributed by atoms with Crippen molar-refractivity contribution in [3.05, 3.63) is 24.2 Å². The molecule has 108 valence electrons.